The van der Waals surface area contributed by atoms with Gasteiger partial charge < -0.3 is 9.84 Å². The van der Waals surface area contributed by atoms with Crippen LogP contribution in [0.5, 0.6) is 0 Å². The molecule has 2 atom stereocenters. The van der Waals surface area contributed by atoms with Crippen molar-refractivity contribution in [1.82, 2.24) is 0 Å². The normalized spacial score (nSPS) is 24.8. The van der Waals surface area contributed by atoms with Crippen molar-refractivity contribution in [2.75, 3.05) is 12.9 Å². The third kappa shape index (κ3) is 3.12. The molecule has 1 saturated heterocycles. The maximum atomic E-state index is 12.0. The molecule has 104 valence electrons. The quantitative estimate of drug-likeness (QED) is 0.841. The zero-order valence-electron chi connectivity index (χ0n) is 11.2. The molecule has 1 N–H and O–H groups in total. The van der Waals surface area contributed by atoms with Crippen LogP contribution in [0.1, 0.15) is 24.8 Å². The van der Waals surface area contributed by atoms with Gasteiger partial charge in [0.25, 0.3) is 0 Å². The third-order valence-corrected chi connectivity index (χ3v) is 5.09. The summed E-state index contributed by atoms with van der Waals surface area (Å²) >= 11 is 1.42. The molecule has 0 saturated carbocycles. The van der Waals surface area contributed by atoms with Gasteiger partial charge in [0.15, 0.2) is 0 Å². The second-order valence-corrected chi connectivity index (χ2v) is 6.01. The molecule has 0 amide bonds. The number of hydrogen-bond donors (Lipinski definition) is 1. The highest BCUT2D eigenvalue weighted by atomic mass is 32.2. The molecule has 19 heavy (non-hydrogen) atoms. The maximum absolute atomic E-state index is 12.0. The topological polar surface area (TPSA) is 46.5 Å². The molecule has 4 heteroatoms. The second-order valence-electron chi connectivity index (χ2n) is 4.87. The molecule has 2 rings (SSSR count). The zero-order valence-corrected chi connectivity index (χ0v) is 12.0. The summed E-state index contributed by atoms with van der Waals surface area (Å²) < 4.78 is 4.37. The van der Waals surface area contributed by atoms with Crippen molar-refractivity contribution in [2.24, 2.45) is 0 Å². The first-order chi connectivity index (χ1) is 9.19. The fraction of sp³-hybridized carbons (Fsp3) is 0.533. The fourth-order valence-corrected chi connectivity index (χ4v) is 3.49. The van der Waals surface area contributed by atoms with Crippen LogP contribution in [0.25, 0.3) is 0 Å². The summed E-state index contributed by atoms with van der Waals surface area (Å²) in [6.07, 6.45) is 4.10. The van der Waals surface area contributed by atoms with Crippen LogP contribution in [0.15, 0.2) is 30.3 Å². The van der Waals surface area contributed by atoms with Gasteiger partial charge in [-0.1, -0.05) is 30.3 Å². The third-order valence-electron chi connectivity index (χ3n) is 3.72. The molecule has 1 aromatic rings. The van der Waals surface area contributed by atoms with Gasteiger partial charge in [-0.05, 0) is 37.5 Å². The summed E-state index contributed by atoms with van der Waals surface area (Å²) in [5, 5.41) is 10.4. The number of rotatable bonds is 5. The summed E-state index contributed by atoms with van der Waals surface area (Å²) in [5.74, 6) is -0.258. The number of thioether (sulfide) groups is 1. The standard InChI is InChI=1S/C15H20O3S/c1-19-15(10-5-11-18-14(15)17)13(16)9-8-12-6-3-2-4-7-12/h2-4,6-7,13,16H,5,8-11H2,1H3/t13-,15+/m1/s1. The summed E-state index contributed by atoms with van der Waals surface area (Å²) in [7, 11) is 0. The van der Waals surface area contributed by atoms with Crippen molar-refractivity contribution >= 4 is 17.7 Å². The van der Waals surface area contributed by atoms with Gasteiger partial charge in [-0.3, -0.25) is 4.79 Å². The molecule has 1 aliphatic rings. The van der Waals surface area contributed by atoms with Crippen molar-refractivity contribution in [2.45, 2.75) is 36.5 Å². The number of hydrogen-bond acceptors (Lipinski definition) is 4. The molecular formula is C15H20O3S. The van der Waals surface area contributed by atoms with E-state index in [9.17, 15) is 9.90 Å². The highest BCUT2D eigenvalue weighted by Gasteiger charge is 2.47. The largest absolute Gasteiger partial charge is 0.465 e. The van der Waals surface area contributed by atoms with Crippen LogP contribution in [0.4, 0.5) is 0 Å². The summed E-state index contributed by atoms with van der Waals surface area (Å²) in [4.78, 5) is 12.0. The minimum absolute atomic E-state index is 0.258. The molecule has 0 aliphatic carbocycles. The van der Waals surface area contributed by atoms with Crippen LogP contribution >= 0.6 is 11.8 Å². The Balaban J connectivity index is 2.00. The number of carbonyl (C=O) groups excluding carboxylic acids is 1. The Hall–Kier alpha value is -1.00. The van der Waals surface area contributed by atoms with Crippen LogP contribution < -0.4 is 0 Å². The van der Waals surface area contributed by atoms with E-state index in [2.05, 4.69) is 0 Å². The highest BCUT2D eigenvalue weighted by Crippen LogP contribution is 2.38. The number of cyclic esters (lactones) is 1. The van der Waals surface area contributed by atoms with Crippen LogP contribution in [0.3, 0.4) is 0 Å². The number of carbonyl (C=O) groups is 1. The van der Waals surface area contributed by atoms with Crippen molar-refractivity contribution in [3.05, 3.63) is 35.9 Å². The minimum atomic E-state index is -0.771. The van der Waals surface area contributed by atoms with E-state index in [-0.39, 0.29) is 5.97 Å². The lowest BCUT2D eigenvalue weighted by Crippen LogP contribution is -2.50. The highest BCUT2D eigenvalue weighted by molar-refractivity contribution is 8.00. The Morgan fingerprint density at radius 3 is 2.79 bits per heavy atom. The number of esters is 1. The van der Waals surface area contributed by atoms with Gasteiger partial charge in [0, 0.05) is 0 Å². The summed E-state index contributed by atoms with van der Waals surface area (Å²) in [6.45, 7) is 0.479. The molecule has 0 unspecified atom stereocenters. The van der Waals surface area contributed by atoms with Gasteiger partial charge >= 0.3 is 5.97 Å². The molecule has 0 radical (unpaired) electrons. The molecule has 0 aromatic heterocycles. The second kappa shape index (κ2) is 6.44. The Morgan fingerprint density at radius 2 is 2.16 bits per heavy atom. The summed E-state index contributed by atoms with van der Waals surface area (Å²) in [5.41, 5.74) is 1.18. The summed E-state index contributed by atoms with van der Waals surface area (Å²) in [6, 6.07) is 10.0. The van der Waals surface area contributed by atoms with E-state index in [1.807, 2.05) is 36.6 Å². The number of aryl methyl sites for hydroxylation is 1. The van der Waals surface area contributed by atoms with Crippen LogP contribution in [0, 0.1) is 0 Å². The number of aliphatic hydroxyl groups excluding tert-OH is 1. The zero-order chi connectivity index (χ0) is 13.7. The van der Waals surface area contributed by atoms with Crippen molar-refractivity contribution < 1.29 is 14.6 Å². The smallest absolute Gasteiger partial charge is 0.324 e. The molecule has 0 bridgehead atoms. The van der Waals surface area contributed by atoms with Gasteiger partial charge in [0.1, 0.15) is 4.75 Å². The van der Waals surface area contributed by atoms with E-state index in [4.69, 9.17) is 4.74 Å². The van der Waals surface area contributed by atoms with Gasteiger partial charge in [0.05, 0.1) is 12.7 Å². The van der Waals surface area contributed by atoms with Crippen molar-refractivity contribution in [3.8, 4) is 0 Å². The Morgan fingerprint density at radius 1 is 1.42 bits per heavy atom. The monoisotopic (exact) mass is 280 g/mol. The van der Waals surface area contributed by atoms with Gasteiger partial charge in [-0.2, -0.15) is 0 Å². The molecular weight excluding hydrogens is 260 g/mol. The SMILES string of the molecule is CS[C@]1([C@H](O)CCc2ccccc2)CCCOC1=O. The van der Waals surface area contributed by atoms with E-state index in [1.165, 1.54) is 17.3 Å². The number of benzene rings is 1. The van der Waals surface area contributed by atoms with E-state index >= 15 is 0 Å². The lowest BCUT2D eigenvalue weighted by Gasteiger charge is -2.37. The maximum Gasteiger partial charge on any atom is 0.324 e. The van der Waals surface area contributed by atoms with Crippen LogP contribution in [-0.2, 0) is 16.0 Å². The molecule has 1 aliphatic heterocycles. The Labute approximate surface area is 118 Å². The molecule has 1 heterocycles. The average Bonchev–Trinajstić information content (AvgIpc) is 2.46. The molecule has 1 aromatic carbocycles. The van der Waals surface area contributed by atoms with E-state index < -0.39 is 10.9 Å². The number of aliphatic hydroxyl groups is 1. The van der Waals surface area contributed by atoms with E-state index in [0.29, 0.717) is 19.4 Å². The van der Waals surface area contributed by atoms with Crippen LogP contribution in [-0.4, -0.2) is 34.8 Å². The van der Waals surface area contributed by atoms with E-state index in [0.717, 1.165) is 12.8 Å². The Bertz CT molecular complexity index is 421. The van der Waals surface area contributed by atoms with E-state index in [1.54, 1.807) is 0 Å². The molecule has 0 spiro atoms. The van der Waals surface area contributed by atoms with Gasteiger partial charge in [-0.15, -0.1) is 11.8 Å². The number of ether oxygens (including phenoxy) is 1. The minimum Gasteiger partial charge on any atom is -0.465 e. The van der Waals surface area contributed by atoms with Gasteiger partial charge in [-0.25, -0.2) is 0 Å². The Kier molecular flexibility index (Phi) is 4.88. The predicted octanol–water partition coefficient (Wildman–Crippen LogP) is 2.42. The first-order valence-corrected chi connectivity index (χ1v) is 7.86. The van der Waals surface area contributed by atoms with Crippen LogP contribution in [0.2, 0.25) is 0 Å². The van der Waals surface area contributed by atoms with Gasteiger partial charge in [0.2, 0.25) is 0 Å². The van der Waals surface area contributed by atoms with Crippen molar-refractivity contribution in [1.29, 1.82) is 0 Å². The predicted molar refractivity (Wildman–Crippen MR) is 77.2 cm³/mol. The van der Waals surface area contributed by atoms with Crippen molar-refractivity contribution in [3.63, 3.8) is 0 Å². The average molecular weight is 280 g/mol. The molecule has 3 nitrogen and oxygen atoms in total. The fourth-order valence-electron chi connectivity index (χ4n) is 2.53. The first-order valence-electron chi connectivity index (χ1n) is 6.63. The lowest BCUT2D eigenvalue weighted by atomic mass is 9.90. The lowest BCUT2D eigenvalue weighted by molar-refractivity contribution is -0.154. The molecule has 1 fully saturated rings. The first kappa shape index (κ1) is 14.4.